The zero-order chi connectivity index (χ0) is 45.9. The van der Waals surface area contributed by atoms with Crippen molar-refractivity contribution in [2.24, 2.45) is 17.3 Å². The maximum atomic E-state index is 12.7. The number of amides is 1. The molecule has 0 aliphatic carbocycles. The maximum absolute atomic E-state index is 12.7. The molecule has 0 aromatic rings. The van der Waals surface area contributed by atoms with E-state index in [0.29, 0.717) is 6.42 Å². The standard InChI is InChI=1S/C39H74N5O15P/c1-10-11-12-13-16-42(8)25-36(50)55-28-33(46)32(45)23-43(9)18-19-44(24-35(48)49)17-14-40-22-34(47)41-15-20-57-60(53,54)58-27-31(26-56-37(51)29(2)3)59-38(52)30(4)21-39(5,6)7/h29-31,33,40,46H,10-28H2,1-9H3,(H,41,47)(H,48,49)(H,53,54)/t30?,31?,33-/m1/s1. The van der Waals surface area contributed by atoms with Crippen LogP contribution in [0, 0.1) is 17.3 Å². The highest BCUT2D eigenvalue weighted by atomic mass is 31.2. The quantitative estimate of drug-likeness (QED) is 0.0260. The first-order valence-electron chi connectivity index (χ1n) is 20.6. The number of nitrogens with zero attached hydrogens (tertiary/aromatic N) is 3. The van der Waals surface area contributed by atoms with Crippen molar-refractivity contribution in [3.05, 3.63) is 0 Å². The van der Waals surface area contributed by atoms with Crippen LogP contribution in [0.4, 0.5) is 0 Å². The number of carbonyl (C=O) groups excluding carboxylic acids is 5. The number of phosphoric ester groups is 1. The number of hydrogen-bond acceptors (Lipinski definition) is 17. The van der Waals surface area contributed by atoms with Crippen LogP contribution < -0.4 is 10.6 Å². The monoisotopic (exact) mass is 883 g/mol. The second-order valence-corrected chi connectivity index (χ2v) is 18.0. The fraction of sp³-hybridized carbons (Fsp3) is 0.846. The minimum atomic E-state index is -4.67. The predicted molar refractivity (Wildman–Crippen MR) is 222 cm³/mol. The summed E-state index contributed by atoms with van der Waals surface area (Å²) in [7, 11) is -1.24. The van der Waals surface area contributed by atoms with Crippen molar-refractivity contribution in [1.29, 1.82) is 0 Å². The van der Waals surface area contributed by atoms with E-state index < -0.39 is 93.9 Å². The Balaban J connectivity index is 4.64. The summed E-state index contributed by atoms with van der Waals surface area (Å²) in [6.45, 7) is 12.1. The van der Waals surface area contributed by atoms with Gasteiger partial charge in [0.15, 0.2) is 11.9 Å². The number of ketones is 1. The predicted octanol–water partition coefficient (Wildman–Crippen LogP) is 1.31. The number of rotatable bonds is 35. The van der Waals surface area contributed by atoms with Crippen LogP contribution in [0.5, 0.6) is 0 Å². The lowest BCUT2D eigenvalue weighted by molar-refractivity contribution is -0.166. The summed E-state index contributed by atoms with van der Waals surface area (Å²) in [6, 6.07) is 0. The summed E-state index contributed by atoms with van der Waals surface area (Å²) in [5.41, 5.74) is -0.166. The number of phosphoric acid groups is 1. The second kappa shape index (κ2) is 30.9. The van der Waals surface area contributed by atoms with Gasteiger partial charge in [-0.05, 0) is 38.9 Å². The lowest BCUT2D eigenvalue weighted by Crippen LogP contribution is -2.44. The number of unbranched alkanes of at least 4 members (excludes halogenated alkanes) is 3. The van der Waals surface area contributed by atoms with Gasteiger partial charge in [0.05, 0.1) is 51.2 Å². The van der Waals surface area contributed by atoms with Crippen LogP contribution in [0.1, 0.15) is 80.6 Å². The van der Waals surface area contributed by atoms with E-state index in [4.69, 9.17) is 23.3 Å². The molecule has 0 saturated heterocycles. The molecule has 3 unspecified atom stereocenters. The molecular weight excluding hydrogens is 809 g/mol. The van der Waals surface area contributed by atoms with Crippen molar-refractivity contribution in [3.8, 4) is 0 Å². The molecule has 4 atom stereocenters. The third-order valence-corrected chi connectivity index (χ3v) is 9.61. The highest BCUT2D eigenvalue weighted by Gasteiger charge is 2.29. The number of carboxylic acid groups (broad SMARTS) is 1. The van der Waals surface area contributed by atoms with E-state index in [1.165, 1.54) is 0 Å². The Bertz CT molecular complexity index is 1350. The van der Waals surface area contributed by atoms with Crippen LogP contribution in [0.2, 0.25) is 0 Å². The van der Waals surface area contributed by atoms with E-state index in [1.807, 2.05) is 25.7 Å². The molecule has 21 heteroatoms. The molecule has 1 amide bonds. The average molecular weight is 884 g/mol. The summed E-state index contributed by atoms with van der Waals surface area (Å²) in [4.78, 5) is 88.2. The van der Waals surface area contributed by atoms with Crippen LogP contribution in [-0.2, 0) is 56.6 Å². The van der Waals surface area contributed by atoms with Crippen molar-refractivity contribution in [2.75, 3.05) is 106 Å². The van der Waals surface area contributed by atoms with Crippen molar-refractivity contribution < 1.29 is 71.7 Å². The highest BCUT2D eigenvalue weighted by Crippen LogP contribution is 2.43. The molecule has 0 fully saturated rings. The third-order valence-electron chi connectivity index (χ3n) is 8.63. The molecule has 0 aromatic heterocycles. The molecule has 0 aliphatic heterocycles. The van der Waals surface area contributed by atoms with Gasteiger partial charge in [-0.2, -0.15) is 0 Å². The number of esters is 3. The Morgan fingerprint density at radius 1 is 0.783 bits per heavy atom. The van der Waals surface area contributed by atoms with Crippen molar-refractivity contribution in [1.82, 2.24) is 25.3 Å². The van der Waals surface area contributed by atoms with E-state index in [1.54, 1.807) is 44.7 Å². The molecule has 0 spiro atoms. The minimum absolute atomic E-state index is 0.0512. The molecule has 0 rings (SSSR count). The normalized spacial score (nSPS) is 14.4. The molecule has 0 aliphatic rings. The van der Waals surface area contributed by atoms with Crippen molar-refractivity contribution in [2.45, 2.75) is 92.8 Å². The topological polar surface area (TPSA) is 260 Å². The van der Waals surface area contributed by atoms with Gasteiger partial charge in [-0.15, -0.1) is 0 Å². The van der Waals surface area contributed by atoms with E-state index in [0.717, 1.165) is 32.2 Å². The molecular formula is C39H74N5O15P. The van der Waals surface area contributed by atoms with E-state index in [9.17, 15) is 48.4 Å². The van der Waals surface area contributed by atoms with Crippen LogP contribution in [0.15, 0.2) is 0 Å². The second-order valence-electron chi connectivity index (χ2n) is 16.5. The number of carbonyl (C=O) groups is 6. The van der Waals surface area contributed by atoms with Crippen LogP contribution in [-0.4, -0.2) is 184 Å². The zero-order valence-corrected chi connectivity index (χ0v) is 38.2. The first kappa shape index (κ1) is 56.9. The van der Waals surface area contributed by atoms with Crippen LogP contribution in [0.25, 0.3) is 0 Å². The molecule has 60 heavy (non-hydrogen) atoms. The average Bonchev–Trinajstić information content (AvgIpc) is 3.14. The Morgan fingerprint density at radius 3 is 2.07 bits per heavy atom. The molecule has 5 N–H and O–H groups in total. The number of aliphatic hydroxyl groups is 1. The number of hydrogen-bond donors (Lipinski definition) is 5. The number of nitrogens with one attached hydrogen (secondary N) is 2. The Hall–Kier alpha value is -3.07. The summed E-state index contributed by atoms with van der Waals surface area (Å²) < 4.78 is 38.1. The minimum Gasteiger partial charge on any atom is -0.480 e. The van der Waals surface area contributed by atoms with Gasteiger partial charge in [0.25, 0.3) is 0 Å². The molecule has 350 valence electrons. The summed E-state index contributed by atoms with van der Waals surface area (Å²) in [5, 5.41) is 25.0. The molecule has 0 radical (unpaired) electrons. The van der Waals surface area contributed by atoms with Crippen LogP contribution >= 0.6 is 7.82 Å². The molecule has 0 saturated carbocycles. The van der Waals surface area contributed by atoms with Gasteiger partial charge in [-0.25, -0.2) is 4.57 Å². The number of Topliss-reactive ketones (excluding diaryl/α,β-unsaturated/α-hetero) is 1. The Morgan fingerprint density at radius 2 is 1.45 bits per heavy atom. The number of ether oxygens (including phenoxy) is 3. The first-order chi connectivity index (χ1) is 27.9. The Kier molecular flexibility index (Phi) is 29.3. The largest absolute Gasteiger partial charge is 0.480 e. The number of aliphatic carboxylic acids is 1. The number of aliphatic hydroxyl groups excluding tert-OH is 1. The smallest absolute Gasteiger partial charge is 0.472 e. The van der Waals surface area contributed by atoms with Gasteiger partial charge in [-0.1, -0.05) is 67.7 Å². The van der Waals surface area contributed by atoms with E-state index in [-0.39, 0.29) is 64.3 Å². The van der Waals surface area contributed by atoms with Gasteiger partial charge in [0.1, 0.15) is 19.3 Å². The van der Waals surface area contributed by atoms with Gasteiger partial charge in [0, 0.05) is 32.7 Å². The number of carboxylic acids is 1. The van der Waals surface area contributed by atoms with Crippen molar-refractivity contribution in [3.63, 3.8) is 0 Å². The lowest BCUT2D eigenvalue weighted by Gasteiger charge is -2.25. The summed E-state index contributed by atoms with van der Waals surface area (Å²) in [6.07, 6.45) is 2.10. The fourth-order valence-corrected chi connectivity index (χ4v) is 6.20. The fourth-order valence-electron chi connectivity index (χ4n) is 5.45. The van der Waals surface area contributed by atoms with Crippen LogP contribution in [0.3, 0.4) is 0 Å². The number of likely N-dealkylation sites (N-methyl/N-ethyl adjacent to an activating group) is 2. The molecule has 0 heterocycles. The third kappa shape index (κ3) is 30.9. The van der Waals surface area contributed by atoms with Gasteiger partial charge in [-0.3, -0.25) is 52.5 Å². The molecule has 0 bridgehead atoms. The summed E-state index contributed by atoms with van der Waals surface area (Å²) >= 11 is 0. The van der Waals surface area contributed by atoms with Crippen molar-refractivity contribution >= 4 is 43.4 Å². The van der Waals surface area contributed by atoms with Gasteiger partial charge < -0.3 is 40.0 Å². The van der Waals surface area contributed by atoms with E-state index >= 15 is 0 Å². The zero-order valence-electron chi connectivity index (χ0n) is 37.3. The lowest BCUT2D eigenvalue weighted by atomic mass is 9.85. The summed E-state index contributed by atoms with van der Waals surface area (Å²) in [5.74, 6) is -4.73. The Labute approximate surface area is 355 Å². The van der Waals surface area contributed by atoms with Gasteiger partial charge >= 0.3 is 31.7 Å². The van der Waals surface area contributed by atoms with E-state index in [2.05, 4.69) is 17.6 Å². The maximum Gasteiger partial charge on any atom is 0.472 e. The molecule has 20 nitrogen and oxygen atoms in total. The molecule has 0 aromatic carbocycles. The highest BCUT2D eigenvalue weighted by molar-refractivity contribution is 7.47. The first-order valence-corrected chi connectivity index (χ1v) is 22.1. The van der Waals surface area contributed by atoms with Gasteiger partial charge in [0.2, 0.25) is 5.91 Å². The SMILES string of the molecule is CCCCCCN(C)CC(=O)OC[C@@H](O)C(=O)CN(C)CCN(CCNCC(=O)NCCOP(=O)(O)OCC(COC(=O)C(C)C)OC(=O)C(C)CC(C)(C)C)CC(=O)O.